The highest BCUT2D eigenvalue weighted by Gasteiger charge is 2.17. The highest BCUT2D eigenvalue weighted by atomic mass is 16.5. The van der Waals surface area contributed by atoms with Crippen LogP contribution in [-0.2, 0) is 0 Å². The van der Waals surface area contributed by atoms with Gasteiger partial charge in [0.05, 0.1) is 18.9 Å². The minimum Gasteiger partial charge on any atom is -0.494 e. The van der Waals surface area contributed by atoms with Crippen molar-refractivity contribution in [3.05, 3.63) is 54.0 Å². The molecule has 1 aromatic heterocycles. The summed E-state index contributed by atoms with van der Waals surface area (Å²) in [5.74, 6) is 1.68. The number of benzene rings is 1. The Bertz CT molecular complexity index is 624. The van der Waals surface area contributed by atoms with Crippen LogP contribution in [0.3, 0.4) is 0 Å². The molecule has 2 rings (SSSR count). The van der Waals surface area contributed by atoms with E-state index in [-0.39, 0.29) is 12.1 Å². The first kappa shape index (κ1) is 18.9. The van der Waals surface area contributed by atoms with E-state index in [1.165, 1.54) is 5.56 Å². The van der Waals surface area contributed by atoms with Crippen LogP contribution in [0.1, 0.15) is 23.8 Å². The molecule has 0 aliphatic rings. The molecule has 0 spiro atoms. The predicted molar refractivity (Wildman–Crippen MR) is 97.8 cm³/mol. The summed E-state index contributed by atoms with van der Waals surface area (Å²) in [5.41, 5.74) is 1.20. The first-order valence-corrected chi connectivity index (χ1v) is 8.47. The third-order valence-electron chi connectivity index (χ3n) is 3.85. The molecule has 0 radical (unpaired) electrons. The van der Waals surface area contributed by atoms with Crippen LogP contribution in [0, 0.1) is 6.92 Å². The van der Waals surface area contributed by atoms with E-state index in [2.05, 4.69) is 10.6 Å². The summed E-state index contributed by atoms with van der Waals surface area (Å²) >= 11 is 0. The number of likely N-dealkylation sites (N-methyl/N-ethyl adjacent to an activating group) is 1. The van der Waals surface area contributed by atoms with Gasteiger partial charge >= 0.3 is 6.03 Å². The van der Waals surface area contributed by atoms with Crippen molar-refractivity contribution < 1.29 is 13.9 Å². The van der Waals surface area contributed by atoms with E-state index in [4.69, 9.17) is 9.15 Å². The third kappa shape index (κ3) is 6.51. The molecule has 0 saturated heterocycles. The van der Waals surface area contributed by atoms with Crippen LogP contribution in [-0.4, -0.2) is 44.7 Å². The van der Waals surface area contributed by atoms with Gasteiger partial charge in [0.15, 0.2) is 0 Å². The summed E-state index contributed by atoms with van der Waals surface area (Å²) in [4.78, 5) is 13.9. The average molecular weight is 345 g/mol. The molecular weight excluding hydrogens is 318 g/mol. The first-order valence-electron chi connectivity index (χ1n) is 8.47. The highest BCUT2D eigenvalue weighted by molar-refractivity contribution is 5.73. The van der Waals surface area contributed by atoms with Crippen LogP contribution >= 0.6 is 0 Å². The fourth-order valence-electron chi connectivity index (χ4n) is 2.37. The molecule has 1 atom stereocenters. The summed E-state index contributed by atoms with van der Waals surface area (Å²) in [6, 6.07) is 11.5. The van der Waals surface area contributed by atoms with Crippen molar-refractivity contribution in [3.8, 4) is 5.75 Å². The third-order valence-corrected chi connectivity index (χ3v) is 3.85. The maximum absolute atomic E-state index is 11.9. The van der Waals surface area contributed by atoms with Crippen LogP contribution in [0.5, 0.6) is 5.75 Å². The number of urea groups is 1. The van der Waals surface area contributed by atoms with Gasteiger partial charge in [-0.3, -0.25) is 4.90 Å². The topological polar surface area (TPSA) is 66.7 Å². The van der Waals surface area contributed by atoms with E-state index in [1.54, 1.807) is 6.26 Å². The Morgan fingerprint density at radius 1 is 1.20 bits per heavy atom. The number of hydrogen-bond acceptors (Lipinski definition) is 4. The number of hydrogen-bond donors (Lipinski definition) is 2. The van der Waals surface area contributed by atoms with Gasteiger partial charge in [-0.2, -0.15) is 0 Å². The van der Waals surface area contributed by atoms with Gasteiger partial charge in [0, 0.05) is 13.1 Å². The van der Waals surface area contributed by atoms with Crippen molar-refractivity contribution in [2.75, 3.05) is 33.8 Å². The molecule has 0 unspecified atom stereocenters. The molecule has 0 bridgehead atoms. The minimum atomic E-state index is -0.186. The second-order valence-corrected chi connectivity index (χ2v) is 6.15. The number of nitrogens with zero attached hydrogens (tertiary/aromatic N) is 1. The highest BCUT2D eigenvalue weighted by Crippen LogP contribution is 2.17. The Morgan fingerprint density at radius 2 is 1.96 bits per heavy atom. The van der Waals surface area contributed by atoms with Crippen molar-refractivity contribution in [1.82, 2.24) is 15.5 Å². The van der Waals surface area contributed by atoms with Gasteiger partial charge < -0.3 is 19.8 Å². The van der Waals surface area contributed by atoms with Gasteiger partial charge in [-0.25, -0.2) is 4.79 Å². The Labute approximate surface area is 149 Å². The van der Waals surface area contributed by atoms with Crippen LogP contribution < -0.4 is 15.4 Å². The molecule has 0 saturated carbocycles. The normalized spacial score (nSPS) is 12.0. The second kappa shape index (κ2) is 9.74. The Kier molecular flexibility index (Phi) is 7.35. The van der Waals surface area contributed by atoms with Gasteiger partial charge in [-0.1, -0.05) is 17.7 Å². The van der Waals surface area contributed by atoms with E-state index in [9.17, 15) is 4.79 Å². The van der Waals surface area contributed by atoms with E-state index in [1.807, 2.05) is 62.3 Å². The lowest BCUT2D eigenvalue weighted by Crippen LogP contribution is -2.41. The van der Waals surface area contributed by atoms with Crippen molar-refractivity contribution >= 4 is 6.03 Å². The molecule has 136 valence electrons. The van der Waals surface area contributed by atoms with Crippen molar-refractivity contribution in [3.63, 3.8) is 0 Å². The number of carbonyl (C=O) groups is 1. The smallest absolute Gasteiger partial charge is 0.314 e. The lowest BCUT2D eigenvalue weighted by molar-refractivity contribution is 0.224. The van der Waals surface area contributed by atoms with E-state index < -0.39 is 0 Å². The number of furan rings is 1. The molecule has 6 heteroatoms. The van der Waals surface area contributed by atoms with E-state index in [0.717, 1.165) is 17.9 Å². The van der Waals surface area contributed by atoms with Crippen LogP contribution in [0.15, 0.2) is 47.1 Å². The average Bonchev–Trinajstić information content (AvgIpc) is 3.10. The fraction of sp³-hybridized carbons (Fsp3) is 0.421. The molecule has 2 amide bonds. The maximum atomic E-state index is 11.9. The number of carbonyl (C=O) groups excluding carboxylic acids is 1. The molecule has 0 aliphatic heterocycles. The largest absolute Gasteiger partial charge is 0.494 e. The monoisotopic (exact) mass is 345 g/mol. The first-order chi connectivity index (χ1) is 12.1. The molecular formula is C19H27N3O3. The zero-order valence-corrected chi connectivity index (χ0v) is 15.1. The molecule has 1 heterocycles. The molecule has 2 aromatic rings. The number of nitrogens with one attached hydrogen (secondary N) is 2. The molecule has 0 fully saturated rings. The van der Waals surface area contributed by atoms with Crippen LogP contribution in [0.25, 0.3) is 0 Å². The summed E-state index contributed by atoms with van der Waals surface area (Å²) in [6.45, 7) is 3.65. The number of ether oxygens (including phenoxy) is 1. The van der Waals surface area contributed by atoms with E-state index in [0.29, 0.717) is 19.7 Å². The standard InChI is InChI=1S/C19H27N3O3/c1-15-7-9-16(10-8-15)24-13-5-11-20-19(23)21-14-17(22(2)3)18-6-4-12-25-18/h4,6-10,12,17H,5,11,13-14H2,1-3H3,(H2,20,21,23)/t17-/m1/s1. The molecule has 25 heavy (non-hydrogen) atoms. The van der Waals surface area contributed by atoms with Gasteiger partial charge in [0.25, 0.3) is 0 Å². The lowest BCUT2D eigenvalue weighted by Gasteiger charge is -2.22. The number of rotatable bonds is 9. The predicted octanol–water partition coefficient (Wildman–Crippen LogP) is 2.96. The van der Waals surface area contributed by atoms with Crippen LogP contribution in [0.2, 0.25) is 0 Å². The molecule has 6 nitrogen and oxygen atoms in total. The molecule has 1 aromatic carbocycles. The molecule has 2 N–H and O–H groups in total. The lowest BCUT2D eigenvalue weighted by atomic mass is 10.2. The van der Waals surface area contributed by atoms with Gasteiger partial charge in [-0.15, -0.1) is 0 Å². The van der Waals surface area contributed by atoms with Gasteiger partial charge in [-0.05, 0) is 51.7 Å². The number of amides is 2. The van der Waals surface area contributed by atoms with Crippen LogP contribution in [0.4, 0.5) is 4.79 Å². The quantitative estimate of drug-likeness (QED) is 0.686. The Morgan fingerprint density at radius 3 is 2.60 bits per heavy atom. The van der Waals surface area contributed by atoms with Gasteiger partial charge in [0.2, 0.25) is 0 Å². The van der Waals surface area contributed by atoms with Crippen molar-refractivity contribution in [2.45, 2.75) is 19.4 Å². The maximum Gasteiger partial charge on any atom is 0.314 e. The van der Waals surface area contributed by atoms with E-state index >= 15 is 0 Å². The van der Waals surface area contributed by atoms with Crippen molar-refractivity contribution in [2.24, 2.45) is 0 Å². The SMILES string of the molecule is Cc1ccc(OCCCNC(=O)NC[C@H](c2ccco2)N(C)C)cc1. The van der Waals surface area contributed by atoms with Gasteiger partial charge in [0.1, 0.15) is 11.5 Å². The minimum absolute atomic E-state index is 0.00520. The number of aryl methyl sites for hydroxylation is 1. The zero-order chi connectivity index (χ0) is 18.1. The summed E-state index contributed by atoms with van der Waals surface area (Å²) in [6.07, 6.45) is 2.39. The zero-order valence-electron chi connectivity index (χ0n) is 15.1. The molecule has 0 aliphatic carbocycles. The van der Waals surface area contributed by atoms with Crippen molar-refractivity contribution in [1.29, 1.82) is 0 Å². The fourth-order valence-corrected chi connectivity index (χ4v) is 2.37. The Hall–Kier alpha value is -2.47. The second-order valence-electron chi connectivity index (χ2n) is 6.15. The Balaban J connectivity index is 1.61. The summed E-state index contributed by atoms with van der Waals surface area (Å²) in [7, 11) is 3.91. The summed E-state index contributed by atoms with van der Waals surface area (Å²) in [5, 5.41) is 5.71. The summed E-state index contributed by atoms with van der Waals surface area (Å²) < 4.78 is 11.1.